The second kappa shape index (κ2) is 6.61. The number of carbonyl (C=O) groups is 1. The van der Waals surface area contributed by atoms with Gasteiger partial charge in [-0.25, -0.2) is 9.18 Å². The van der Waals surface area contributed by atoms with E-state index >= 15 is 0 Å². The molecular formula is C19H19FN2O2S. The number of halogens is 1. The van der Waals surface area contributed by atoms with Gasteiger partial charge in [0.2, 0.25) is 0 Å². The summed E-state index contributed by atoms with van der Waals surface area (Å²) in [6.07, 6.45) is 4.53. The lowest BCUT2D eigenvalue weighted by molar-refractivity contribution is 0.0138. The number of hydrogen-bond acceptors (Lipinski definition) is 4. The molecule has 4 nitrogen and oxygen atoms in total. The van der Waals surface area contributed by atoms with Gasteiger partial charge in [0.15, 0.2) is 0 Å². The van der Waals surface area contributed by atoms with Crippen molar-refractivity contribution in [3.8, 4) is 10.4 Å². The van der Waals surface area contributed by atoms with E-state index in [1.165, 1.54) is 23.5 Å². The van der Waals surface area contributed by atoms with Gasteiger partial charge in [-0.3, -0.25) is 10.2 Å². The van der Waals surface area contributed by atoms with Crippen molar-refractivity contribution in [1.29, 1.82) is 0 Å². The maximum absolute atomic E-state index is 13.6. The maximum atomic E-state index is 13.6. The van der Waals surface area contributed by atoms with Gasteiger partial charge in [-0.2, -0.15) is 0 Å². The van der Waals surface area contributed by atoms with Gasteiger partial charge in [0, 0.05) is 35.4 Å². The van der Waals surface area contributed by atoms with Crippen molar-refractivity contribution < 1.29 is 13.9 Å². The van der Waals surface area contributed by atoms with Crippen molar-refractivity contribution in [3.63, 3.8) is 0 Å². The quantitative estimate of drug-likeness (QED) is 0.829. The van der Waals surface area contributed by atoms with Crippen LogP contribution in [-0.2, 0) is 4.74 Å². The summed E-state index contributed by atoms with van der Waals surface area (Å²) >= 11 is 1.50. The highest BCUT2D eigenvalue weighted by atomic mass is 32.1. The molecule has 2 aromatic rings. The average molecular weight is 358 g/mol. The first-order valence-electron chi connectivity index (χ1n) is 8.30. The molecule has 1 aromatic carbocycles. The number of hydrogen-bond donors (Lipinski definition) is 1. The van der Waals surface area contributed by atoms with Crippen LogP contribution in [0.15, 0.2) is 47.9 Å². The highest BCUT2D eigenvalue weighted by Crippen LogP contribution is 2.34. The SMILES string of the molecule is CN1CC2C=CC1C[C@H]2OC(=O)Nc1ccc(F)cc1-c1cccs1. The number of benzene rings is 1. The summed E-state index contributed by atoms with van der Waals surface area (Å²) < 4.78 is 19.3. The Morgan fingerprint density at radius 1 is 1.36 bits per heavy atom. The minimum Gasteiger partial charge on any atom is -0.445 e. The van der Waals surface area contributed by atoms with Crippen LogP contribution in [0.25, 0.3) is 10.4 Å². The fourth-order valence-corrected chi connectivity index (χ4v) is 4.29. The molecule has 1 saturated heterocycles. The molecule has 3 heterocycles. The number of nitrogens with zero attached hydrogens (tertiary/aromatic N) is 1. The zero-order chi connectivity index (χ0) is 17.4. The summed E-state index contributed by atoms with van der Waals surface area (Å²) in [6, 6.07) is 8.47. The molecule has 1 fully saturated rings. The van der Waals surface area contributed by atoms with Gasteiger partial charge in [-0.15, -0.1) is 11.3 Å². The van der Waals surface area contributed by atoms with E-state index in [9.17, 15) is 9.18 Å². The zero-order valence-electron chi connectivity index (χ0n) is 13.8. The zero-order valence-corrected chi connectivity index (χ0v) is 14.6. The van der Waals surface area contributed by atoms with Crippen LogP contribution in [0.5, 0.6) is 0 Å². The van der Waals surface area contributed by atoms with Crippen molar-refractivity contribution in [2.45, 2.75) is 18.6 Å². The summed E-state index contributed by atoms with van der Waals surface area (Å²) in [5.74, 6) is -0.106. The smallest absolute Gasteiger partial charge is 0.411 e. The van der Waals surface area contributed by atoms with Crippen LogP contribution >= 0.6 is 11.3 Å². The molecule has 5 rings (SSSR count). The molecule has 0 spiro atoms. The third-order valence-electron chi connectivity index (χ3n) is 4.86. The van der Waals surface area contributed by atoms with E-state index in [2.05, 4.69) is 29.4 Å². The Labute approximate surface area is 149 Å². The first kappa shape index (κ1) is 16.3. The molecule has 2 aliphatic heterocycles. The molecule has 6 heteroatoms. The van der Waals surface area contributed by atoms with Gasteiger partial charge >= 0.3 is 6.09 Å². The molecule has 1 amide bonds. The Morgan fingerprint density at radius 3 is 2.92 bits per heavy atom. The number of rotatable bonds is 3. The lowest BCUT2D eigenvalue weighted by Crippen LogP contribution is -2.50. The summed E-state index contributed by atoms with van der Waals surface area (Å²) in [5.41, 5.74) is 1.22. The number of likely N-dealkylation sites (N-methyl/N-ethyl adjacent to an activating group) is 1. The number of piperidine rings is 1. The van der Waals surface area contributed by atoms with E-state index in [0.717, 1.165) is 17.8 Å². The first-order valence-corrected chi connectivity index (χ1v) is 9.18. The van der Waals surface area contributed by atoms with Crippen LogP contribution in [0.4, 0.5) is 14.9 Å². The van der Waals surface area contributed by atoms with Gasteiger partial charge < -0.3 is 4.74 Å². The Hall–Kier alpha value is -2.18. The van der Waals surface area contributed by atoms with Crippen molar-refractivity contribution >= 4 is 23.1 Å². The second-order valence-corrected chi connectivity index (χ2v) is 7.48. The minimum absolute atomic E-state index is 0.114. The molecule has 2 unspecified atom stereocenters. The predicted octanol–water partition coefficient (Wildman–Crippen LogP) is 4.36. The predicted molar refractivity (Wildman–Crippen MR) is 97.3 cm³/mol. The van der Waals surface area contributed by atoms with E-state index in [1.54, 1.807) is 6.07 Å². The molecule has 1 N–H and O–H groups in total. The van der Waals surface area contributed by atoms with Crippen molar-refractivity contribution in [2.75, 3.05) is 18.9 Å². The molecule has 1 aliphatic carbocycles. The number of nitrogens with one attached hydrogen (secondary N) is 1. The van der Waals surface area contributed by atoms with Gasteiger partial charge in [-0.05, 0) is 36.7 Å². The fourth-order valence-electron chi connectivity index (χ4n) is 3.53. The maximum Gasteiger partial charge on any atom is 0.411 e. The summed E-state index contributed by atoms with van der Waals surface area (Å²) in [6.45, 7) is 0.899. The monoisotopic (exact) mass is 358 g/mol. The van der Waals surface area contributed by atoms with E-state index < -0.39 is 6.09 Å². The van der Waals surface area contributed by atoms with Crippen LogP contribution in [0.2, 0.25) is 0 Å². The summed E-state index contributed by atoms with van der Waals surface area (Å²) in [5, 5.41) is 4.71. The molecular weight excluding hydrogens is 339 g/mol. The molecule has 2 bridgehead atoms. The van der Waals surface area contributed by atoms with Crippen LogP contribution in [0, 0.1) is 11.7 Å². The van der Waals surface area contributed by atoms with Crippen LogP contribution < -0.4 is 5.32 Å². The number of thiophene rings is 1. The lowest BCUT2D eigenvalue weighted by Gasteiger charge is -2.43. The standard InChI is InChI=1S/C19H19FN2O2S/c1-22-11-12-4-6-14(22)10-17(12)24-19(23)21-16-7-5-13(20)9-15(16)18-3-2-8-25-18/h2-9,12,14,17H,10-11H2,1H3,(H,21,23)/t12?,14?,17-/m1/s1. The van der Waals surface area contributed by atoms with Crippen molar-refractivity contribution in [2.24, 2.45) is 5.92 Å². The molecule has 0 radical (unpaired) electrons. The molecule has 1 aromatic heterocycles. The number of fused-ring (bicyclic) bond motifs is 2. The second-order valence-electron chi connectivity index (χ2n) is 6.53. The molecule has 130 valence electrons. The number of amides is 1. The van der Waals surface area contributed by atoms with Gasteiger partial charge in [0.25, 0.3) is 0 Å². The average Bonchev–Trinajstić information content (AvgIpc) is 3.12. The third kappa shape index (κ3) is 3.32. The highest BCUT2D eigenvalue weighted by molar-refractivity contribution is 7.13. The molecule has 25 heavy (non-hydrogen) atoms. The largest absolute Gasteiger partial charge is 0.445 e. The van der Waals surface area contributed by atoms with Gasteiger partial charge in [0.1, 0.15) is 11.9 Å². The normalized spacial score (nSPS) is 25.1. The van der Waals surface area contributed by atoms with Crippen LogP contribution in [0.3, 0.4) is 0 Å². The molecule has 0 saturated carbocycles. The van der Waals surface area contributed by atoms with E-state index in [4.69, 9.17) is 4.74 Å². The number of anilines is 1. The summed E-state index contributed by atoms with van der Waals surface area (Å²) in [7, 11) is 2.09. The topological polar surface area (TPSA) is 41.6 Å². The number of carbonyl (C=O) groups excluding carboxylic acids is 1. The molecule has 3 atom stereocenters. The summed E-state index contributed by atoms with van der Waals surface area (Å²) in [4.78, 5) is 15.6. The first-order chi connectivity index (χ1) is 12.1. The third-order valence-corrected chi connectivity index (χ3v) is 5.76. The van der Waals surface area contributed by atoms with Crippen molar-refractivity contribution in [1.82, 2.24) is 4.90 Å². The lowest BCUT2D eigenvalue weighted by atomic mass is 9.84. The molecule has 3 aliphatic rings. The Morgan fingerprint density at radius 2 is 2.24 bits per heavy atom. The number of ether oxygens (including phenoxy) is 1. The van der Waals surface area contributed by atoms with Crippen molar-refractivity contribution in [3.05, 3.63) is 53.7 Å². The van der Waals surface area contributed by atoms with E-state index in [0.29, 0.717) is 17.3 Å². The van der Waals surface area contributed by atoms with Crippen LogP contribution in [-0.4, -0.2) is 36.7 Å². The highest BCUT2D eigenvalue weighted by Gasteiger charge is 2.37. The minimum atomic E-state index is -0.488. The van der Waals surface area contributed by atoms with E-state index in [-0.39, 0.29) is 17.8 Å². The Balaban J connectivity index is 1.48. The van der Waals surface area contributed by atoms with Crippen LogP contribution in [0.1, 0.15) is 6.42 Å². The van der Waals surface area contributed by atoms with Gasteiger partial charge in [0.05, 0.1) is 5.69 Å². The Kier molecular flexibility index (Phi) is 4.31. The van der Waals surface area contributed by atoms with Gasteiger partial charge in [-0.1, -0.05) is 18.2 Å². The Bertz CT molecular complexity index is 806. The van der Waals surface area contributed by atoms with E-state index in [1.807, 2.05) is 17.5 Å². The fraction of sp³-hybridized carbons (Fsp3) is 0.316.